The second-order valence-electron chi connectivity index (χ2n) is 18.5. The molecule has 0 atom stereocenters. The fourth-order valence-electron chi connectivity index (χ4n) is 10.8. The van der Waals surface area contributed by atoms with Gasteiger partial charge in [0.05, 0.1) is 22.1 Å². The van der Waals surface area contributed by atoms with Gasteiger partial charge in [-0.2, -0.15) is 0 Å². The summed E-state index contributed by atoms with van der Waals surface area (Å²) in [5.41, 5.74) is 16.6. The highest BCUT2D eigenvalue weighted by Gasteiger charge is 2.23. The zero-order valence-corrected chi connectivity index (χ0v) is 39.1. The molecule has 14 rings (SSSR count). The molecule has 2 aromatic heterocycles. The molecule has 14 aromatic rings. The first-order chi connectivity index (χ1) is 35.7. The summed E-state index contributed by atoms with van der Waals surface area (Å²) in [6.45, 7) is 0. The number of nitrogens with zero attached hydrogens (tertiary/aromatic N) is 2. The molecular weight excluding hydrogens is 877 g/mol. The number of furan rings is 2. The number of hydrogen-bond donors (Lipinski definition) is 0. The zero-order chi connectivity index (χ0) is 47.5. The van der Waals surface area contributed by atoms with Crippen molar-refractivity contribution in [1.29, 1.82) is 0 Å². The van der Waals surface area contributed by atoms with Crippen molar-refractivity contribution in [2.24, 2.45) is 0 Å². The Kier molecular flexibility index (Phi) is 9.82. The van der Waals surface area contributed by atoms with Crippen molar-refractivity contribution in [3.8, 4) is 33.4 Å². The van der Waals surface area contributed by atoms with Crippen LogP contribution in [0, 0.1) is 0 Å². The van der Waals surface area contributed by atoms with E-state index in [1.54, 1.807) is 0 Å². The maximum Gasteiger partial charge on any atom is 0.137 e. The lowest BCUT2D eigenvalue weighted by molar-refractivity contribution is 0.668. The maximum absolute atomic E-state index is 6.49. The first-order valence-corrected chi connectivity index (χ1v) is 24.5. The van der Waals surface area contributed by atoms with Gasteiger partial charge in [-0.1, -0.05) is 176 Å². The molecule has 0 saturated heterocycles. The summed E-state index contributed by atoms with van der Waals surface area (Å²) >= 11 is 0. The Bertz CT molecular complexity index is 4350. The van der Waals surface area contributed by atoms with Crippen molar-refractivity contribution >= 4 is 99.5 Å². The van der Waals surface area contributed by atoms with E-state index in [1.165, 1.54) is 38.2 Å². The van der Waals surface area contributed by atoms with E-state index in [1.807, 2.05) is 24.3 Å². The molecule has 0 amide bonds. The highest BCUT2D eigenvalue weighted by molar-refractivity contribution is 6.15. The van der Waals surface area contributed by atoms with Crippen molar-refractivity contribution in [3.05, 3.63) is 267 Å². The van der Waals surface area contributed by atoms with Crippen LogP contribution >= 0.6 is 0 Å². The van der Waals surface area contributed by atoms with Crippen molar-refractivity contribution in [2.45, 2.75) is 0 Å². The fraction of sp³-hybridized carbons (Fsp3) is 0. The van der Waals surface area contributed by atoms with Crippen LogP contribution in [0.5, 0.6) is 0 Å². The molecule has 0 bridgehead atoms. The number of para-hydroxylation sites is 2. The molecular formula is C68H44N2O2. The summed E-state index contributed by atoms with van der Waals surface area (Å²) in [4.78, 5) is 4.75. The van der Waals surface area contributed by atoms with Gasteiger partial charge in [-0.05, 0) is 146 Å². The topological polar surface area (TPSA) is 32.8 Å². The summed E-state index contributed by atoms with van der Waals surface area (Å²) in [6.07, 6.45) is 0. The molecule has 0 fully saturated rings. The zero-order valence-electron chi connectivity index (χ0n) is 39.1. The molecule has 0 aliphatic rings. The minimum absolute atomic E-state index is 0.848. The van der Waals surface area contributed by atoms with Gasteiger partial charge in [0.2, 0.25) is 0 Å². The van der Waals surface area contributed by atoms with Crippen LogP contribution < -0.4 is 9.80 Å². The number of rotatable bonds is 9. The Balaban J connectivity index is 0.904. The summed E-state index contributed by atoms with van der Waals surface area (Å²) in [7, 11) is 0. The maximum atomic E-state index is 6.49. The standard InChI is InChI=1S/C68H44N2O2/c1-2-16-49-42-52(33-32-45(49)14-1)46-34-38-53(39-35-46)69(61-26-12-30-65-67(61)59-23-5-7-28-63(59)71-65)55-20-9-18-50(43-55)51-19-10-21-56(44-51)70(62-27-13-31-66-68(62)60-24-6-8-29-64(60)72-66)54-40-36-48(37-41-54)58-25-11-17-47-15-3-4-22-57(47)58/h1-44H. The van der Waals surface area contributed by atoms with E-state index in [2.05, 4.69) is 252 Å². The quantitative estimate of drug-likeness (QED) is 0.144. The molecule has 338 valence electrons. The first kappa shape index (κ1) is 41.3. The van der Waals surface area contributed by atoms with Gasteiger partial charge in [0.15, 0.2) is 0 Å². The van der Waals surface area contributed by atoms with Gasteiger partial charge in [0.1, 0.15) is 22.3 Å². The third-order valence-electron chi connectivity index (χ3n) is 14.2. The lowest BCUT2D eigenvalue weighted by atomic mass is 9.98. The van der Waals surface area contributed by atoms with Crippen LogP contribution in [0.25, 0.3) is 98.8 Å². The van der Waals surface area contributed by atoms with Crippen molar-refractivity contribution in [2.75, 3.05) is 9.80 Å². The van der Waals surface area contributed by atoms with Gasteiger partial charge in [0.25, 0.3) is 0 Å². The van der Waals surface area contributed by atoms with E-state index in [9.17, 15) is 0 Å². The van der Waals surface area contributed by atoms with E-state index in [4.69, 9.17) is 8.83 Å². The predicted octanol–water partition coefficient (Wildman–Crippen LogP) is 19.7. The number of hydrogen-bond acceptors (Lipinski definition) is 4. The molecule has 2 heterocycles. The van der Waals surface area contributed by atoms with Gasteiger partial charge >= 0.3 is 0 Å². The van der Waals surface area contributed by atoms with Crippen LogP contribution in [0.3, 0.4) is 0 Å². The van der Waals surface area contributed by atoms with E-state index in [0.717, 1.165) is 94.7 Å². The Morgan fingerprint density at radius 2 is 0.667 bits per heavy atom. The Labute approximate surface area is 416 Å². The largest absolute Gasteiger partial charge is 0.456 e. The third-order valence-corrected chi connectivity index (χ3v) is 14.2. The summed E-state index contributed by atoms with van der Waals surface area (Å²) in [5, 5.41) is 9.23. The lowest BCUT2D eigenvalue weighted by Gasteiger charge is -2.28. The van der Waals surface area contributed by atoms with E-state index >= 15 is 0 Å². The van der Waals surface area contributed by atoms with Crippen molar-refractivity contribution < 1.29 is 8.83 Å². The lowest BCUT2D eigenvalue weighted by Crippen LogP contribution is -2.11. The molecule has 0 unspecified atom stereocenters. The summed E-state index contributed by atoms with van der Waals surface area (Å²) < 4.78 is 13.0. The van der Waals surface area contributed by atoms with Crippen molar-refractivity contribution in [1.82, 2.24) is 0 Å². The minimum Gasteiger partial charge on any atom is -0.456 e. The smallest absolute Gasteiger partial charge is 0.137 e. The average Bonchev–Trinajstić information content (AvgIpc) is 4.03. The van der Waals surface area contributed by atoms with Crippen LogP contribution in [-0.4, -0.2) is 0 Å². The van der Waals surface area contributed by atoms with Gasteiger partial charge in [-0.25, -0.2) is 0 Å². The molecule has 4 heteroatoms. The second kappa shape index (κ2) is 17.1. The van der Waals surface area contributed by atoms with Crippen LogP contribution in [-0.2, 0) is 0 Å². The van der Waals surface area contributed by atoms with Gasteiger partial charge in [-0.15, -0.1) is 0 Å². The molecule has 0 spiro atoms. The molecule has 72 heavy (non-hydrogen) atoms. The fourth-order valence-corrected chi connectivity index (χ4v) is 10.8. The second-order valence-corrected chi connectivity index (χ2v) is 18.5. The third kappa shape index (κ3) is 7.08. The molecule has 4 nitrogen and oxygen atoms in total. The first-order valence-electron chi connectivity index (χ1n) is 24.5. The van der Waals surface area contributed by atoms with E-state index < -0.39 is 0 Å². The number of anilines is 6. The molecule has 0 saturated carbocycles. The van der Waals surface area contributed by atoms with E-state index in [-0.39, 0.29) is 0 Å². The Hall–Kier alpha value is -9.64. The summed E-state index contributed by atoms with van der Waals surface area (Å²) in [5.74, 6) is 0. The van der Waals surface area contributed by atoms with Gasteiger partial charge in [-0.3, -0.25) is 0 Å². The monoisotopic (exact) mass is 920 g/mol. The number of benzene rings is 12. The minimum atomic E-state index is 0.848. The highest BCUT2D eigenvalue weighted by Crippen LogP contribution is 2.47. The molecule has 12 aromatic carbocycles. The SMILES string of the molecule is c1cc(-c2cccc(N(c3ccc(-c4cccc5ccccc45)cc3)c3cccc4oc5ccccc5c34)c2)cc(N(c2ccc(-c3ccc4ccccc4c3)cc2)c2cccc3oc4ccccc4c23)c1. The highest BCUT2D eigenvalue weighted by atomic mass is 16.3. The normalized spacial score (nSPS) is 11.6. The Morgan fingerprint density at radius 1 is 0.236 bits per heavy atom. The van der Waals surface area contributed by atoms with Gasteiger partial charge in [0, 0.05) is 33.5 Å². The molecule has 0 N–H and O–H groups in total. The van der Waals surface area contributed by atoms with Crippen molar-refractivity contribution in [3.63, 3.8) is 0 Å². The Morgan fingerprint density at radius 3 is 1.26 bits per heavy atom. The summed E-state index contributed by atoms with van der Waals surface area (Å²) in [6, 6.07) is 95.5. The average molecular weight is 921 g/mol. The molecule has 0 aliphatic carbocycles. The molecule has 0 radical (unpaired) electrons. The van der Waals surface area contributed by atoms with Crippen LogP contribution in [0.15, 0.2) is 276 Å². The van der Waals surface area contributed by atoms with Gasteiger partial charge < -0.3 is 18.6 Å². The van der Waals surface area contributed by atoms with E-state index in [0.29, 0.717) is 0 Å². The van der Waals surface area contributed by atoms with Crippen LogP contribution in [0.1, 0.15) is 0 Å². The molecule has 0 aliphatic heterocycles. The predicted molar refractivity (Wildman–Crippen MR) is 302 cm³/mol. The number of fused-ring (bicyclic) bond motifs is 8. The van der Waals surface area contributed by atoms with Crippen LogP contribution in [0.2, 0.25) is 0 Å². The van der Waals surface area contributed by atoms with Crippen LogP contribution in [0.4, 0.5) is 34.1 Å².